The molecule has 4 nitrogen and oxygen atoms in total. The van der Waals surface area contributed by atoms with Gasteiger partial charge in [-0.2, -0.15) is 0 Å². The van der Waals surface area contributed by atoms with Crippen LogP contribution in [0.5, 0.6) is 0 Å². The van der Waals surface area contributed by atoms with E-state index < -0.39 is 0 Å². The highest BCUT2D eigenvalue weighted by Gasteiger charge is 2.22. The molecule has 4 aromatic heterocycles. The molecule has 6 aromatic carbocycles. The van der Waals surface area contributed by atoms with E-state index in [4.69, 9.17) is 15.0 Å². The van der Waals surface area contributed by atoms with Crippen molar-refractivity contribution in [2.24, 2.45) is 0 Å². The van der Waals surface area contributed by atoms with Crippen LogP contribution in [0.1, 0.15) is 0 Å². The molecule has 10 aromatic rings. The van der Waals surface area contributed by atoms with Crippen molar-refractivity contribution >= 4 is 85.9 Å². The van der Waals surface area contributed by atoms with E-state index in [-0.39, 0.29) is 0 Å². The third kappa shape index (κ3) is 3.24. The average molecular weight is 579 g/mol. The Morgan fingerprint density at radius 3 is 1.95 bits per heavy atom. The average Bonchev–Trinajstić information content (AvgIpc) is 3.63. The lowest BCUT2D eigenvalue weighted by atomic mass is 9.97. The first-order valence-corrected chi connectivity index (χ1v) is 15.5. The molecule has 0 fully saturated rings. The van der Waals surface area contributed by atoms with E-state index in [1.54, 1.807) is 0 Å². The molecule has 0 atom stereocenters. The van der Waals surface area contributed by atoms with E-state index in [1.165, 1.54) is 52.5 Å². The van der Waals surface area contributed by atoms with Crippen molar-refractivity contribution in [2.45, 2.75) is 0 Å². The quantitative estimate of drug-likeness (QED) is 0.192. The molecule has 0 radical (unpaired) electrons. The lowest BCUT2D eigenvalue weighted by molar-refractivity contribution is 1.07. The number of benzene rings is 6. The smallest absolute Gasteiger partial charge is 0.166 e. The molecule has 0 aliphatic heterocycles. The van der Waals surface area contributed by atoms with Crippen LogP contribution in [0.3, 0.4) is 0 Å². The number of pyridine rings is 1. The van der Waals surface area contributed by atoms with Crippen LogP contribution in [0.25, 0.3) is 91.8 Å². The summed E-state index contributed by atoms with van der Waals surface area (Å²) in [6.45, 7) is 0. The molecule has 0 spiro atoms. The molecule has 0 unspecified atom stereocenters. The number of aromatic nitrogens is 4. The van der Waals surface area contributed by atoms with Gasteiger partial charge in [0.2, 0.25) is 0 Å². The largest absolute Gasteiger partial charge is 0.292 e. The second kappa shape index (κ2) is 8.93. The van der Waals surface area contributed by atoms with Crippen LogP contribution in [-0.4, -0.2) is 19.5 Å². The van der Waals surface area contributed by atoms with E-state index >= 15 is 0 Å². The second-order valence-corrected chi connectivity index (χ2v) is 12.3. The van der Waals surface area contributed by atoms with Gasteiger partial charge in [-0.3, -0.25) is 9.55 Å². The molecule has 0 amide bonds. The van der Waals surface area contributed by atoms with Gasteiger partial charge in [0.25, 0.3) is 0 Å². The summed E-state index contributed by atoms with van der Waals surface area (Å²) in [6, 6.07) is 45.0. The van der Waals surface area contributed by atoms with Crippen LogP contribution >= 0.6 is 11.3 Å². The van der Waals surface area contributed by atoms with Crippen LogP contribution in [0.15, 0.2) is 134 Å². The van der Waals surface area contributed by atoms with E-state index in [1.807, 2.05) is 60.0 Å². The Bertz CT molecular complexity index is 2780. The SMILES string of the molecule is c1ccc(-c2nc3ccccc3nc2-n2c3ccccc3c3cc4c(cc32)sc2c3ccccc3c3ccccc3c42)nc1. The van der Waals surface area contributed by atoms with Gasteiger partial charge >= 0.3 is 0 Å². The molecule has 0 N–H and O–H groups in total. The van der Waals surface area contributed by atoms with Crippen molar-refractivity contribution in [1.29, 1.82) is 0 Å². The molecule has 0 saturated heterocycles. The molecule has 5 heteroatoms. The van der Waals surface area contributed by atoms with Crippen molar-refractivity contribution < 1.29 is 0 Å². The Labute approximate surface area is 255 Å². The van der Waals surface area contributed by atoms with Gasteiger partial charge in [-0.15, -0.1) is 11.3 Å². The summed E-state index contributed by atoms with van der Waals surface area (Å²) in [6.07, 6.45) is 1.82. The summed E-state index contributed by atoms with van der Waals surface area (Å²) in [4.78, 5) is 15.1. The molecule has 0 bridgehead atoms. The maximum absolute atomic E-state index is 5.26. The van der Waals surface area contributed by atoms with Gasteiger partial charge in [-0.25, -0.2) is 9.97 Å². The van der Waals surface area contributed by atoms with Crippen LogP contribution in [0, 0.1) is 0 Å². The van der Waals surface area contributed by atoms with Gasteiger partial charge in [0, 0.05) is 42.5 Å². The first-order valence-electron chi connectivity index (χ1n) is 14.7. The molecule has 0 aliphatic carbocycles. The third-order valence-electron chi connectivity index (χ3n) is 8.81. The van der Waals surface area contributed by atoms with Crippen LogP contribution < -0.4 is 0 Å². The van der Waals surface area contributed by atoms with E-state index in [0.29, 0.717) is 0 Å². The van der Waals surface area contributed by atoms with Crippen molar-refractivity contribution in [3.8, 4) is 17.2 Å². The lowest BCUT2D eigenvalue weighted by Gasteiger charge is -2.13. The zero-order chi connectivity index (χ0) is 28.8. The Balaban J connectivity index is 1.39. The summed E-state index contributed by atoms with van der Waals surface area (Å²) in [5.74, 6) is 0.782. The zero-order valence-corrected chi connectivity index (χ0v) is 24.2. The van der Waals surface area contributed by atoms with Gasteiger partial charge in [-0.05, 0) is 58.6 Å². The number of hydrogen-bond donors (Lipinski definition) is 0. The lowest BCUT2D eigenvalue weighted by Crippen LogP contribution is -2.04. The number of nitrogens with zero attached hydrogens (tertiary/aromatic N) is 4. The summed E-state index contributed by atoms with van der Waals surface area (Å²) < 4.78 is 4.87. The minimum absolute atomic E-state index is 0.764. The predicted octanol–water partition coefficient (Wildman–Crippen LogP) is 10.5. The Morgan fingerprint density at radius 2 is 1.16 bits per heavy atom. The molecule has 4 heterocycles. The molecular formula is C39H22N4S. The first kappa shape index (κ1) is 23.9. The van der Waals surface area contributed by atoms with E-state index in [0.717, 1.165) is 39.3 Å². The number of para-hydroxylation sites is 3. The molecule has 0 saturated carbocycles. The van der Waals surface area contributed by atoms with Crippen LogP contribution in [-0.2, 0) is 0 Å². The molecule has 0 aliphatic rings. The summed E-state index contributed by atoms with van der Waals surface area (Å²) in [5.41, 5.74) is 5.48. The number of thiophene rings is 1. The van der Waals surface area contributed by atoms with Crippen LogP contribution in [0.2, 0.25) is 0 Å². The fourth-order valence-corrected chi connectivity index (χ4v) is 8.19. The minimum atomic E-state index is 0.764. The fourth-order valence-electron chi connectivity index (χ4n) is 6.92. The Morgan fingerprint density at radius 1 is 0.500 bits per heavy atom. The number of hydrogen-bond acceptors (Lipinski definition) is 4. The fraction of sp³-hybridized carbons (Fsp3) is 0. The third-order valence-corrected chi connectivity index (χ3v) is 10.00. The van der Waals surface area contributed by atoms with Crippen molar-refractivity contribution in [3.63, 3.8) is 0 Å². The van der Waals surface area contributed by atoms with E-state index in [2.05, 4.69) is 89.5 Å². The molecular weight excluding hydrogens is 557 g/mol. The van der Waals surface area contributed by atoms with Gasteiger partial charge in [0.1, 0.15) is 5.69 Å². The van der Waals surface area contributed by atoms with Crippen molar-refractivity contribution in [1.82, 2.24) is 19.5 Å². The van der Waals surface area contributed by atoms with Gasteiger partial charge in [-0.1, -0.05) is 84.9 Å². The molecule has 44 heavy (non-hydrogen) atoms. The van der Waals surface area contributed by atoms with Gasteiger partial charge in [0.05, 0.1) is 27.8 Å². The maximum atomic E-state index is 5.26. The maximum Gasteiger partial charge on any atom is 0.166 e. The van der Waals surface area contributed by atoms with Crippen molar-refractivity contribution in [2.75, 3.05) is 0 Å². The molecule has 10 rings (SSSR count). The predicted molar refractivity (Wildman–Crippen MR) is 185 cm³/mol. The molecule has 204 valence electrons. The highest BCUT2D eigenvalue weighted by Crippen LogP contribution is 2.46. The first-order chi connectivity index (χ1) is 21.8. The second-order valence-electron chi connectivity index (χ2n) is 11.2. The Kier molecular flexibility index (Phi) is 4.84. The normalized spacial score (nSPS) is 12.1. The summed E-state index contributed by atoms with van der Waals surface area (Å²) in [7, 11) is 0. The number of fused-ring (bicyclic) bond motifs is 12. The highest BCUT2D eigenvalue weighted by atomic mass is 32.1. The summed E-state index contributed by atoms with van der Waals surface area (Å²) >= 11 is 1.88. The Hall–Kier alpha value is -5.65. The summed E-state index contributed by atoms with van der Waals surface area (Å²) in [5, 5.41) is 10.2. The zero-order valence-electron chi connectivity index (χ0n) is 23.4. The standard InChI is InChI=1S/C39H22N4S/c1-3-14-26-23(11-1)24-12-2-4-15-27(24)38-36(26)29-21-28-25-13-5-8-19-33(25)43(34(28)22-35(29)44-38)39-37(32-18-9-10-20-40-32)41-30-16-6-7-17-31(30)42-39/h1-22H. The van der Waals surface area contributed by atoms with E-state index in [9.17, 15) is 0 Å². The number of rotatable bonds is 2. The monoisotopic (exact) mass is 578 g/mol. The topological polar surface area (TPSA) is 43.6 Å². The van der Waals surface area contributed by atoms with Crippen molar-refractivity contribution in [3.05, 3.63) is 134 Å². The van der Waals surface area contributed by atoms with Gasteiger partial charge in [0.15, 0.2) is 5.82 Å². The highest BCUT2D eigenvalue weighted by molar-refractivity contribution is 7.27. The van der Waals surface area contributed by atoms with Crippen LogP contribution in [0.4, 0.5) is 0 Å². The van der Waals surface area contributed by atoms with Gasteiger partial charge < -0.3 is 0 Å². The minimum Gasteiger partial charge on any atom is -0.292 e.